The second-order valence-corrected chi connectivity index (χ2v) is 5.48. The van der Waals surface area contributed by atoms with E-state index in [1.54, 1.807) is 20.8 Å². The van der Waals surface area contributed by atoms with E-state index < -0.39 is 42.7 Å². The molecule has 1 aliphatic heterocycles. The first-order valence-corrected chi connectivity index (χ1v) is 5.80. The molecule has 1 rings (SSSR count). The highest BCUT2D eigenvalue weighted by Crippen LogP contribution is 2.21. The van der Waals surface area contributed by atoms with Gasteiger partial charge in [0.25, 0.3) is 0 Å². The van der Waals surface area contributed by atoms with E-state index in [2.05, 4.69) is 5.32 Å². The van der Waals surface area contributed by atoms with Crippen molar-refractivity contribution in [1.29, 1.82) is 0 Å². The van der Waals surface area contributed by atoms with E-state index in [4.69, 9.17) is 9.84 Å². The molecule has 0 unspecified atom stereocenters. The Morgan fingerprint density at radius 3 is 2.22 bits per heavy atom. The average Bonchev–Trinajstić information content (AvgIpc) is 2.27. The number of amides is 1. The SMILES string of the molecule is CC(C)(C)C(=O)N[C@@H]1[C@@H](O)[C@H](O)[C@@H](CO)O[C@@H]1O. The molecule has 106 valence electrons. The summed E-state index contributed by atoms with van der Waals surface area (Å²) >= 11 is 0. The van der Waals surface area contributed by atoms with Crippen molar-refractivity contribution in [2.45, 2.75) is 51.4 Å². The second-order valence-electron chi connectivity index (χ2n) is 5.48. The van der Waals surface area contributed by atoms with E-state index in [-0.39, 0.29) is 5.91 Å². The molecule has 0 aromatic carbocycles. The van der Waals surface area contributed by atoms with Crippen LogP contribution in [0.15, 0.2) is 0 Å². The molecule has 1 aliphatic rings. The Bertz CT molecular complexity index is 302. The van der Waals surface area contributed by atoms with E-state index in [0.29, 0.717) is 0 Å². The maximum absolute atomic E-state index is 11.8. The minimum atomic E-state index is -1.48. The molecular formula is C11H21NO6. The van der Waals surface area contributed by atoms with Crippen LogP contribution in [0.3, 0.4) is 0 Å². The van der Waals surface area contributed by atoms with E-state index in [9.17, 15) is 20.1 Å². The molecule has 1 heterocycles. The van der Waals surface area contributed by atoms with Crippen molar-refractivity contribution in [1.82, 2.24) is 5.32 Å². The summed E-state index contributed by atoms with van der Waals surface area (Å²) in [5, 5.41) is 40.4. The number of carbonyl (C=O) groups is 1. The second kappa shape index (κ2) is 5.50. The van der Waals surface area contributed by atoms with Gasteiger partial charge < -0.3 is 30.5 Å². The van der Waals surface area contributed by atoms with Crippen LogP contribution >= 0.6 is 0 Å². The Balaban J connectivity index is 2.74. The molecule has 0 aliphatic carbocycles. The maximum atomic E-state index is 11.8. The molecule has 0 aromatic heterocycles. The largest absolute Gasteiger partial charge is 0.394 e. The van der Waals surface area contributed by atoms with Crippen molar-refractivity contribution in [2.24, 2.45) is 5.41 Å². The van der Waals surface area contributed by atoms with Crippen molar-refractivity contribution in [2.75, 3.05) is 6.61 Å². The first-order valence-electron chi connectivity index (χ1n) is 5.80. The monoisotopic (exact) mass is 263 g/mol. The van der Waals surface area contributed by atoms with Gasteiger partial charge in [-0.05, 0) is 0 Å². The molecule has 1 amide bonds. The molecule has 7 heteroatoms. The van der Waals surface area contributed by atoms with Gasteiger partial charge in [-0.25, -0.2) is 0 Å². The van der Waals surface area contributed by atoms with Crippen LogP contribution in [0.4, 0.5) is 0 Å². The summed E-state index contributed by atoms with van der Waals surface area (Å²) in [5.41, 5.74) is -0.696. The smallest absolute Gasteiger partial charge is 0.225 e. The van der Waals surface area contributed by atoms with E-state index in [1.165, 1.54) is 0 Å². The first-order chi connectivity index (χ1) is 8.18. The summed E-state index contributed by atoms with van der Waals surface area (Å²) in [7, 11) is 0. The number of nitrogens with one attached hydrogen (secondary N) is 1. The molecule has 18 heavy (non-hydrogen) atoms. The van der Waals surface area contributed by atoms with Crippen LogP contribution in [-0.4, -0.2) is 63.6 Å². The minimum Gasteiger partial charge on any atom is -0.394 e. The molecule has 1 fully saturated rings. The molecule has 0 bridgehead atoms. The summed E-state index contributed by atoms with van der Waals surface area (Å²) in [6.07, 6.45) is -5.33. The van der Waals surface area contributed by atoms with Crippen LogP contribution in [0.5, 0.6) is 0 Å². The number of carbonyl (C=O) groups excluding carboxylic acids is 1. The van der Waals surface area contributed by atoms with E-state index in [0.717, 1.165) is 0 Å². The Morgan fingerprint density at radius 1 is 1.22 bits per heavy atom. The van der Waals surface area contributed by atoms with Crippen molar-refractivity contribution in [3.05, 3.63) is 0 Å². The van der Waals surface area contributed by atoms with Crippen LogP contribution in [0.25, 0.3) is 0 Å². The summed E-state index contributed by atoms with van der Waals surface area (Å²) in [6, 6.07) is -1.13. The van der Waals surface area contributed by atoms with Gasteiger partial charge in [0.05, 0.1) is 6.61 Å². The molecule has 0 spiro atoms. The Morgan fingerprint density at radius 2 is 1.78 bits per heavy atom. The minimum absolute atomic E-state index is 0.385. The average molecular weight is 263 g/mol. The lowest BCUT2D eigenvalue weighted by atomic mass is 9.92. The molecule has 0 radical (unpaired) electrons. The number of ether oxygens (including phenoxy) is 1. The van der Waals surface area contributed by atoms with Crippen molar-refractivity contribution >= 4 is 5.91 Å². The van der Waals surface area contributed by atoms with Gasteiger partial charge in [0.1, 0.15) is 24.4 Å². The lowest BCUT2D eigenvalue weighted by Crippen LogP contribution is -2.65. The van der Waals surface area contributed by atoms with Crippen molar-refractivity contribution in [3.63, 3.8) is 0 Å². The van der Waals surface area contributed by atoms with Gasteiger partial charge in [0, 0.05) is 5.41 Å². The highest BCUT2D eigenvalue weighted by Gasteiger charge is 2.45. The molecule has 5 N–H and O–H groups in total. The maximum Gasteiger partial charge on any atom is 0.225 e. The highest BCUT2D eigenvalue weighted by atomic mass is 16.6. The fourth-order valence-corrected chi connectivity index (χ4v) is 1.62. The van der Waals surface area contributed by atoms with Gasteiger partial charge in [-0.1, -0.05) is 20.8 Å². The Kier molecular flexibility index (Phi) is 4.68. The van der Waals surface area contributed by atoms with Gasteiger partial charge in [-0.15, -0.1) is 0 Å². The zero-order chi connectivity index (χ0) is 14.1. The van der Waals surface area contributed by atoms with Gasteiger partial charge in [-0.3, -0.25) is 4.79 Å². The number of hydrogen-bond acceptors (Lipinski definition) is 6. The summed E-state index contributed by atoms with van der Waals surface area (Å²) in [5.74, 6) is -0.385. The lowest BCUT2D eigenvalue weighted by Gasteiger charge is -2.41. The van der Waals surface area contributed by atoms with Crippen LogP contribution in [0.2, 0.25) is 0 Å². The van der Waals surface area contributed by atoms with Crippen LogP contribution in [0.1, 0.15) is 20.8 Å². The van der Waals surface area contributed by atoms with Gasteiger partial charge >= 0.3 is 0 Å². The van der Waals surface area contributed by atoms with Gasteiger partial charge in [0.2, 0.25) is 5.91 Å². The van der Waals surface area contributed by atoms with Crippen LogP contribution < -0.4 is 5.32 Å². The lowest BCUT2D eigenvalue weighted by molar-refractivity contribution is -0.254. The number of aliphatic hydroxyl groups is 4. The normalized spacial score (nSPS) is 37.4. The first kappa shape index (κ1) is 15.3. The molecule has 5 atom stereocenters. The molecular weight excluding hydrogens is 242 g/mol. The quantitative estimate of drug-likeness (QED) is 0.391. The zero-order valence-electron chi connectivity index (χ0n) is 10.7. The van der Waals surface area contributed by atoms with E-state index in [1.807, 2.05) is 0 Å². The Labute approximate surface area is 105 Å². The summed E-state index contributed by atoms with van der Waals surface area (Å²) < 4.78 is 4.93. The van der Waals surface area contributed by atoms with E-state index >= 15 is 0 Å². The third-order valence-electron chi connectivity index (χ3n) is 2.88. The third kappa shape index (κ3) is 3.18. The molecule has 1 saturated heterocycles. The Hall–Kier alpha value is -0.730. The highest BCUT2D eigenvalue weighted by molar-refractivity contribution is 5.81. The predicted octanol–water partition coefficient (Wildman–Crippen LogP) is -2.05. The number of rotatable bonds is 2. The third-order valence-corrected chi connectivity index (χ3v) is 2.88. The van der Waals surface area contributed by atoms with Gasteiger partial charge in [-0.2, -0.15) is 0 Å². The standard InChI is InChI=1S/C11H21NO6/c1-11(2,3)10(17)12-6-8(15)7(14)5(4-13)18-9(6)16/h5-9,13-16H,4H2,1-3H3,(H,12,17)/t5-,6-,7-,8-,9+/m1/s1. The van der Waals surface area contributed by atoms with Crippen LogP contribution in [0, 0.1) is 5.41 Å². The number of aliphatic hydroxyl groups excluding tert-OH is 4. The van der Waals surface area contributed by atoms with Gasteiger partial charge in [0.15, 0.2) is 6.29 Å². The van der Waals surface area contributed by atoms with Crippen molar-refractivity contribution in [3.8, 4) is 0 Å². The summed E-state index contributed by atoms with van der Waals surface area (Å²) in [6.45, 7) is 4.50. The van der Waals surface area contributed by atoms with Crippen LogP contribution in [-0.2, 0) is 9.53 Å². The fourth-order valence-electron chi connectivity index (χ4n) is 1.62. The number of hydrogen-bond donors (Lipinski definition) is 5. The molecule has 0 saturated carbocycles. The fraction of sp³-hybridized carbons (Fsp3) is 0.909. The molecule has 7 nitrogen and oxygen atoms in total. The molecule has 0 aromatic rings. The van der Waals surface area contributed by atoms with Crippen molar-refractivity contribution < 1.29 is 30.0 Å². The predicted molar refractivity (Wildman–Crippen MR) is 61.4 cm³/mol. The topological polar surface area (TPSA) is 119 Å². The zero-order valence-corrected chi connectivity index (χ0v) is 10.7. The summed E-state index contributed by atoms with van der Waals surface area (Å²) in [4.78, 5) is 11.8.